The Labute approximate surface area is 130 Å². The van der Waals surface area contributed by atoms with E-state index in [1.165, 1.54) is 0 Å². The van der Waals surface area contributed by atoms with Crippen molar-refractivity contribution in [2.75, 3.05) is 18.0 Å². The minimum Gasteiger partial charge on any atom is -0.371 e. The van der Waals surface area contributed by atoms with Gasteiger partial charge in [0, 0.05) is 42.3 Å². The molecule has 0 bridgehead atoms. The molecule has 2 fully saturated rings. The zero-order valence-electron chi connectivity index (χ0n) is 12.3. The van der Waals surface area contributed by atoms with E-state index in [1.807, 2.05) is 19.1 Å². The Morgan fingerprint density at radius 1 is 1.43 bits per heavy atom. The number of amides is 1. The van der Waals surface area contributed by atoms with Crippen LogP contribution in [0.25, 0.3) is 0 Å². The summed E-state index contributed by atoms with van der Waals surface area (Å²) < 4.78 is 0. The van der Waals surface area contributed by atoms with Crippen LogP contribution in [0.15, 0.2) is 18.2 Å². The van der Waals surface area contributed by atoms with Gasteiger partial charge in [-0.05, 0) is 43.4 Å². The molecule has 0 aliphatic carbocycles. The van der Waals surface area contributed by atoms with E-state index in [9.17, 15) is 4.79 Å². The number of carbonyl (C=O) groups excluding carboxylic acids is 1. The first kappa shape index (κ1) is 14.7. The molecule has 2 heterocycles. The molecule has 3 rings (SSSR count). The van der Waals surface area contributed by atoms with E-state index >= 15 is 0 Å². The number of rotatable bonds is 2. The summed E-state index contributed by atoms with van der Waals surface area (Å²) in [5.74, 6) is 0.748. The van der Waals surface area contributed by atoms with Crippen LogP contribution in [0, 0.1) is 5.92 Å². The van der Waals surface area contributed by atoms with Crippen LogP contribution in [0.3, 0.4) is 0 Å². The molecule has 1 aromatic carbocycles. The molecular formula is C16H22ClN3O. The first-order chi connectivity index (χ1) is 10.0. The molecule has 5 heteroatoms. The van der Waals surface area contributed by atoms with Crippen LogP contribution in [0.4, 0.5) is 5.69 Å². The Hall–Kier alpha value is -1.26. The number of nitrogens with two attached hydrogens (primary N) is 1. The van der Waals surface area contributed by atoms with Gasteiger partial charge in [-0.25, -0.2) is 0 Å². The summed E-state index contributed by atoms with van der Waals surface area (Å²) in [6.07, 6.45) is 2.64. The first-order valence-electron chi connectivity index (χ1n) is 7.64. The van der Waals surface area contributed by atoms with Crippen LogP contribution >= 0.6 is 11.6 Å². The second-order valence-corrected chi connectivity index (χ2v) is 6.61. The average Bonchev–Trinajstić information content (AvgIpc) is 2.46. The van der Waals surface area contributed by atoms with Crippen molar-refractivity contribution in [3.8, 4) is 0 Å². The molecule has 2 aliphatic heterocycles. The monoisotopic (exact) mass is 307 g/mol. The second-order valence-electron chi connectivity index (χ2n) is 6.20. The van der Waals surface area contributed by atoms with E-state index in [-0.39, 0.29) is 11.9 Å². The summed E-state index contributed by atoms with van der Waals surface area (Å²) in [6.45, 7) is 3.88. The first-order valence-corrected chi connectivity index (χ1v) is 8.01. The Bertz CT molecular complexity index is 546. The number of benzene rings is 1. The number of nitrogens with one attached hydrogen (secondary N) is 1. The molecule has 1 amide bonds. The minimum atomic E-state index is -0.0501. The fourth-order valence-corrected chi connectivity index (χ4v) is 3.77. The van der Waals surface area contributed by atoms with E-state index in [1.54, 1.807) is 0 Å². The Morgan fingerprint density at radius 2 is 2.24 bits per heavy atom. The quantitative estimate of drug-likeness (QED) is 0.882. The van der Waals surface area contributed by atoms with Gasteiger partial charge in [0.15, 0.2) is 0 Å². The van der Waals surface area contributed by atoms with Crippen LogP contribution in [-0.2, 0) is 4.79 Å². The van der Waals surface area contributed by atoms with Crippen LogP contribution < -0.4 is 16.0 Å². The minimum absolute atomic E-state index is 0.0501. The van der Waals surface area contributed by atoms with Gasteiger partial charge in [-0.15, -0.1) is 0 Å². The van der Waals surface area contributed by atoms with Crippen molar-refractivity contribution in [2.24, 2.45) is 11.7 Å². The molecule has 114 valence electrons. The van der Waals surface area contributed by atoms with Crippen LogP contribution in [0.2, 0.25) is 5.02 Å². The van der Waals surface area contributed by atoms with Crippen LogP contribution in [0.5, 0.6) is 0 Å². The molecule has 0 radical (unpaired) electrons. The highest BCUT2D eigenvalue weighted by Crippen LogP contribution is 2.32. The molecule has 1 aromatic rings. The van der Waals surface area contributed by atoms with Gasteiger partial charge in [-0.3, -0.25) is 4.79 Å². The highest BCUT2D eigenvalue weighted by molar-refractivity contribution is 6.31. The zero-order chi connectivity index (χ0) is 15.0. The summed E-state index contributed by atoms with van der Waals surface area (Å²) >= 11 is 6.34. The van der Waals surface area contributed by atoms with Crippen LogP contribution in [-0.4, -0.2) is 25.0 Å². The number of hydrogen-bond acceptors (Lipinski definition) is 3. The number of anilines is 1. The highest BCUT2D eigenvalue weighted by Gasteiger charge is 2.33. The van der Waals surface area contributed by atoms with Crippen LogP contribution in [0.1, 0.15) is 37.8 Å². The molecule has 3 atom stereocenters. The number of carbonyl (C=O) groups is 1. The SMILES string of the molecule is CC(N)c1ccc(N2CCC3NC(=O)CCC3C2)cc1Cl. The second kappa shape index (κ2) is 5.85. The van der Waals surface area contributed by atoms with Crippen molar-refractivity contribution < 1.29 is 4.79 Å². The van der Waals surface area contributed by atoms with E-state index in [0.29, 0.717) is 18.4 Å². The van der Waals surface area contributed by atoms with Crippen molar-refractivity contribution in [3.63, 3.8) is 0 Å². The third kappa shape index (κ3) is 3.01. The Kier molecular flexibility index (Phi) is 4.09. The zero-order valence-corrected chi connectivity index (χ0v) is 13.1. The molecule has 3 N–H and O–H groups in total. The lowest BCUT2D eigenvalue weighted by Gasteiger charge is -2.42. The molecule has 21 heavy (non-hydrogen) atoms. The summed E-state index contributed by atoms with van der Waals surface area (Å²) in [5.41, 5.74) is 8.04. The number of hydrogen-bond donors (Lipinski definition) is 2. The summed E-state index contributed by atoms with van der Waals surface area (Å²) in [4.78, 5) is 13.8. The lowest BCUT2D eigenvalue weighted by Crippen LogP contribution is -2.54. The topological polar surface area (TPSA) is 58.4 Å². The van der Waals surface area contributed by atoms with Crippen molar-refractivity contribution in [2.45, 2.75) is 38.3 Å². The Balaban J connectivity index is 1.73. The van der Waals surface area contributed by atoms with E-state index < -0.39 is 0 Å². The van der Waals surface area contributed by atoms with Crippen molar-refractivity contribution in [3.05, 3.63) is 28.8 Å². The number of fused-ring (bicyclic) bond motifs is 1. The smallest absolute Gasteiger partial charge is 0.220 e. The molecule has 3 unspecified atom stereocenters. The van der Waals surface area contributed by atoms with E-state index in [0.717, 1.165) is 42.2 Å². The number of halogens is 1. The van der Waals surface area contributed by atoms with Gasteiger partial charge in [0.05, 0.1) is 0 Å². The fraction of sp³-hybridized carbons (Fsp3) is 0.562. The van der Waals surface area contributed by atoms with Gasteiger partial charge in [0.1, 0.15) is 0 Å². The maximum atomic E-state index is 11.5. The average molecular weight is 308 g/mol. The van der Waals surface area contributed by atoms with Gasteiger partial charge in [0.25, 0.3) is 0 Å². The van der Waals surface area contributed by atoms with Gasteiger partial charge in [-0.2, -0.15) is 0 Å². The molecule has 4 nitrogen and oxygen atoms in total. The normalized spacial score (nSPS) is 27.0. The maximum absolute atomic E-state index is 11.5. The van der Waals surface area contributed by atoms with Crippen molar-refractivity contribution >= 4 is 23.2 Å². The maximum Gasteiger partial charge on any atom is 0.220 e. The van der Waals surface area contributed by atoms with Gasteiger partial charge in [-0.1, -0.05) is 17.7 Å². The highest BCUT2D eigenvalue weighted by atomic mass is 35.5. The summed E-state index contributed by atoms with van der Waals surface area (Å²) in [7, 11) is 0. The van der Waals surface area contributed by atoms with Gasteiger partial charge >= 0.3 is 0 Å². The molecule has 0 spiro atoms. The predicted octanol–water partition coefficient (Wildman–Crippen LogP) is 2.46. The van der Waals surface area contributed by atoms with Gasteiger partial charge < -0.3 is 16.0 Å². The lowest BCUT2D eigenvalue weighted by molar-refractivity contribution is -0.124. The molecule has 2 saturated heterocycles. The van der Waals surface area contributed by atoms with Gasteiger partial charge in [0.2, 0.25) is 5.91 Å². The third-order valence-corrected chi connectivity index (χ3v) is 4.99. The predicted molar refractivity (Wildman–Crippen MR) is 85.5 cm³/mol. The molecule has 0 saturated carbocycles. The lowest BCUT2D eigenvalue weighted by atomic mass is 9.85. The summed E-state index contributed by atoms with van der Waals surface area (Å²) in [6, 6.07) is 6.44. The standard InChI is InChI=1S/C16H22ClN3O/c1-10(18)13-4-3-12(8-14(13)17)20-7-6-15-11(9-20)2-5-16(21)19-15/h3-4,8,10-11,15H,2,5-7,9,18H2,1H3,(H,19,21). The molecular weight excluding hydrogens is 286 g/mol. The Morgan fingerprint density at radius 3 is 2.95 bits per heavy atom. The van der Waals surface area contributed by atoms with E-state index in [4.69, 9.17) is 17.3 Å². The number of nitrogens with zero attached hydrogens (tertiary/aromatic N) is 1. The van der Waals surface area contributed by atoms with Crippen molar-refractivity contribution in [1.29, 1.82) is 0 Å². The number of piperidine rings is 2. The summed E-state index contributed by atoms with van der Waals surface area (Å²) in [5, 5.41) is 3.86. The van der Waals surface area contributed by atoms with Crippen molar-refractivity contribution in [1.82, 2.24) is 5.32 Å². The molecule has 2 aliphatic rings. The third-order valence-electron chi connectivity index (χ3n) is 4.66. The van der Waals surface area contributed by atoms with E-state index in [2.05, 4.69) is 16.3 Å². The molecule has 0 aromatic heterocycles. The largest absolute Gasteiger partial charge is 0.371 e. The fourth-order valence-electron chi connectivity index (χ4n) is 3.43.